The number of nitrogens with zero attached hydrogens (tertiary/aromatic N) is 1. The van der Waals surface area contributed by atoms with Gasteiger partial charge in [0.15, 0.2) is 0 Å². The maximum Gasteiger partial charge on any atom is 0.411 e. The summed E-state index contributed by atoms with van der Waals surface area (Å²) in [7, 11) is 1.58. The fourth-order valence-corrected chi connectivity index (χ4v) is 1.93. The van der Waals surface area contributed by atoms with E-state index >= 15 is 0 Å². The molecule has 2 rings (SSSR count). The highest BCUT2D eigenvalue weighted by Crippen LogP contribution is 2.28. The Morgan fingerprint density at radius 2 is 2.00 bits per heavy atom. The SMILES string of the molecule is COc1cccc2c(NCCOCC(F)(F)F)nccc12. The van der Waals surface area contributed by atoms with Gasteiger partial charge in [-0.3, -0.25) is 0 Å². The Balaban J connectivity index is 1.99. The predicted octanol–water partition coefficient (Wildman–Crippen LogP) is 3.23. The van der Waals surface area contributed by atoms with Gasteiger partial charge < -0.3 is 14.8 Å². The number of nitrogens with one attached hydrogen (secondary N) is 1. The average molecular weight is 300 g/mol. The number of hydrogen-bond acceptors (Lipinski definition) is 4. The maximum atomic E-state index is 11.9. The van der Waals surface area contributed by atoms with Crippen molar-refractivity contribution in [1.29, 1.82) is 0 Å². The molecule has 1 aromatic carbocycles. The molecule has 4 nitrogen and oxygen atoms in total. The molecule has 0 fully saturated rings. The molecule has 0 saturated carbocycles. The number of methoxy groups -OCH3 is 1. The van der Waals surface area contributed by atoms with E-state index in [9.17, 15) is 13.2 Å². The first kappa shape index (κ1) is 15.4. The lowest BCUT2D eigenvalue weighted by atomic mass is 10.1. The van der Waals surface area contributed by atoms with Crippen molar-refractivity contribution >= 4 is 16.6 Å². The Morgan fingerprint density at radius 1 is 1.19 bits per heavy atom. The van der Waals surface area contributed by atoms with Crippen molar-refractivity contribution in [3.8, 4) is 5.75 Å². The molecule has 7 heteroatoms. The molecule has 0 bridgehead atoms. The number of ether oxygens (including phenoxy) is 2. The molecule has 21 heavy (non-hydrogen) atoms. The van der Waals surface area contributed by atoms with Crippen LogP contribution in [-0.2, 0) is 4.74 Å². The maximum absolute atomic E-state index is 11.9. The van der Waals surface area contributed by atoms with Crippen LogP contribution in [0.1, 0.15) is 0 Å². The third-order valence-corrected chi connectivity index (χ3v) is 2.79. The molecule has 2 aromatic rings. The molecular weight excluding hydrogens is 285 g/mol. The van der Waals surface area contributed by atoms with Crippen molar-refractivity contribution in [2.45, 2.75) is 6.18 Å². The minimum absolute atomic E-state index is 0.0540. The zero-order chi connectivity index (χ0) is 15.3. The second-order valence-corrected chi connectivity index (χ2v) is 4.31. The van der Waals surface area contributed by atoms with Crippen molar-refractivity contribution in [2.75, 3.05) is 32.2 Å². The highest BCUT2D eigenvalue weighted by molar-refractivity contribution is 5.95. The van der Waals surface area contributed by atoms with E-state index in [1.807, 2.05) is 24.3 Å². The van der Waals surface area contributed by atoms with Gasteiger partial charge in [-0.1, -0.05) is 12.1 Å². The molecule has 1 heterocycles. The van der Waals surface area contributed by atoms with Crippen molar-refractivity contribution in [3.63, 3.8) is 0 Å². The smallest absolute Gasteiger partial charge is 0.411 e. The molecule has 0 aliphatic rings. The van der Waals surface area contributed by atoms with Crippen molar-refractivity contribution in [1.82, 2.24) is 4.98 Å². The number of halogens is 3. The quantitative estimate of drug-likeness (QED) is 0.832. The summed E-state index contributed by atoms with van der Waals surface area (Å²) in [6.07, 6.45) is -2.69. The van der Waals surface area contributed by atoms with E-state index < -0.39 is 12.8 Å². The topological polar surface area (TPSA) is 43.4 Å². The third-order valence-electron chi connectivity index (χ3n) is 2.79. The van der Waals surface area contributed by atoms with Crippen LogP contribution >= 0.6 is 0 Å². The van der Waals surface area contributed by atoms with E-state index in [1.165, 1.54) is 0 Å². The zero-order valence-corrected chi connectivity index (χ0v) is 11.4. The second kappa shape index (κ2) is 6.62. The summed E-state index contributed by atoms with van der Waals surface area (Å²) in [6, 6.07) is 7.34. The molecule has 0 atom stereocenters. The first-order chi connectivity index (χ1) is 10.0. The summed E-state index contributed by atoms with van der Waals surface area (Å²) in [5.41, 5.74) is 0. The number of anilines is 1. The second-order valence-electron chi connectivity index (χ2n) is 4.31. The van der Waals surface area contributed by atoms with Gasteiger partial charge in [-0.25, -0.2) is 4.98 Å². The molecular formula is C14H15F3N2O2. The van der Waals surface area contributed by atoms with Crippen LogP contribution in [0, 0.1) is 0 Å². The van der Waals surface area contributed by atoms with Gasteiger partial charge in [0.2, 0.25) is 0 Å². The van der Waals surface area contributed by atoms with Gasteiger partial charge >= 0.3 is 6.18 Å². The number of pyridine rings is 1. The van der Waals surface area contributed by atoms with Crippen molar-refractivity contribution in [3.05, 3.63) is 30.5 Å². The Kier molecular flexibility index (Phi) is 4.85. The van der Waals surface area contributed by atoms with Crippen LogP contribution in [0.2, 0.25) is 0 Å². The van der Waals surface area contributed by atoms with Crippen LogP contribution in [0.25, 0.3) is 10.8 Å². The van der Waals surface area contributed by atoms with E-state index in [0.717, 1.165) is 10.8 Å². The monoisotopic (exact) mass is 300 g/mol. The average Bonchev–Trinajstić information content (AvgIpc) is 2.45. The first-order valence-corrected chi connectivity index (χ1v) is 6.31. The number of aromatic nitrogens is 1. The number of fused-ring (bicyclic) bond motifs is 1. The zero-order valence-electron chi connectivity index (χ0n) is 11.4. The number of hydrogen-bond donors (Lipinski definition) is 1. The molecule has 0 aliphatic carbocycles. The predicted molar refractivity (Wildman–Crippen MR) is 73.7 cm³/mol. The Hall–Kier alpha value is -2.02. The third kappa shape index (κ3) is 4.22. The molecule has 0 unspecified atom stereocenters. The summed E-state index contributed by atoms with van der Waals surface area (Å²) >= 11 is 0. The van der Waals surface area contributed by atoms with Crippen LogP contribution in [0.15, 0.2) is 30.5 Å². The normalized spacial score (nSPS) is 11.6. The molecule has 114 valence electrons. The lowest BCUT2D eigenvalue weighted by Gasteiger charge is -2.11. The molecule has 0 saturated heterocycles. The lowest BCUT2D eigenvalue weighted by Crippen LogP contribution is -2.20. The molecule has 1 aromatic heterocycles. The minimum Gasteiger partial charge on any atom is -0.496 e. The van der Waals surface area contributed by atoms with Crippen molar-refractivity contribution < 1.29 is 22.6 Å². The van der Waals surface area contributed by atoms with Gasteiger partial charge in [0.1, 0.15) is 18.2 Å². The lowest BCUT2D eigenvalue weighted by molar-refractivity contribution is -0.172. The van der Waals surface area contributed by atoms with E-state index in [0.29, 0.717) is 11.6 Å². The van der Waals surface area contributed by atoms with Gasteiger partial charge in [0.25, 0.3) is 0 Å². The van der Waals surface area contributed by atoms with Gasteiger partial charge in [0.05, 0.1) is 13.7 Å². The molecule has 0 radical (unpaired) electrons. The largest absolute Gasteiger partial charge is 0.496 e. The van der Waals surface area contributed by atoms with Crippen LogP contribution < -0.4 is 10.1 Å². The minimum atomic E-state index is -4.30. The van der Waals surface area contributed by atoms with Gasteiger partial charge in [-0.05, 0) is 12.1 Å². The van der Waals surface area contributed by atoms with E-state index in [-0.39, 0.29) is 13.2 Å². The van der Waals surface area contributed by atoms with Crippen LogP contribution in [-0.4, -0.2) is 38.0 Å². The van der Waals surface area contributed by atoms with Crippen molar-refractivity contribution in [2.24, 2.45) is 0 Å². The molecule has 1 N–H and O–H groups in total. The van der Waals surface area contributed by atoms with Crippen LogP contribution in [0.5, 0.6) is 5.75 Å². The number of benzene rings is 1. The summed E-state index contributed by atoms with van der Waals surface area (Å²) in [5, 5.41) is 4.69. The van der Waals surface area contributed by atoms with E-state index in [1.54, 1.807) is 13.3 Å². The Bertz CT molecular complexity index is 602. The highest BCUT2D eigenvalue weighted by Gasteiger charge is 2.27. The summed E-state index contributed by atoms with van der Waals surface area (Å²) < 4.78 is 45.6. The van der Waals surface area contributed by atoms with Gasteiger partial charge in [-0.2, -0.15) is 13.2 Å². The molecule has 0 aliphatic heterocycles. The summed E-state index contributed by atoms with van der Waals surface area (Å²) in [4.78, 5) is 4.18. The highest BCUT2D eigenvalue weighted by atomic mass is 19.4. The van der Waals surface area contributed by atoms with Gasteiger partial charge in [0, 0.05) is 23.5 Å². The Morgan fingerprint density at radius 3 is 2.71 bits per heavy atom. The van der Waals surface area contributed by atoms with Crippen LogP contribution in [0.4, 0.5) is 19.0 Å². The molecule has 0 spiro atoms. The Labute approximate surface area is 119 Å². The van der Waals surface area contributed by atoms with E-state index in [4.69, 9.17) is 4.74 Å². The number of rotatable bonds is 6. The summed E-state index contributed by atoms with van der Waals surface area (Å²) in [6.45, 7) is -1.06. The first-order valence-electron chi connectivity index (χ1n) is 6.31. The standard InChI is InChI=1S/C14H15F3N2O2/c1-20-12-4-2-3-11-10(12)5-6-18-13(11)19-7-8-21-9-14(15,16)17/h2-6H,7-9H2,1H3,(H,18,19). The summed E-state index contributed by atoms with van der Waals surface area (Å²) in [5.74, 6) is 1.30. The fourth-order valence-electron chi connectivity index (χ4n) is 1.93. The van der Waals surface area contributed by atoms with E-state index in [2.05, 4.69) is 15.0 Å². The molecule has 0 amide bonds. The number of alkyl halides is 3. The van der Waals surface area contributed by atoms with Gasteiger partial charge in [-0.15, -0.1) is 0 Å². The fraction of sp³-hybridized carbons (Fsp3) is 0.357. The van der Waals surface area contributed by atoms with Crippen LogP contribution in [0.3, 0.4) is 0 Å².